The fourth-order valence-electron chi connectivity index (χ4n) is 2.80. The van der Waals surface area contributed by atoms with E-state index in [9.17, 15) is 9.59 Å². The van der Waals surface area contributed by atoms with Crippen molar-refractivity contribution in [2.75, 3.05) is 7.11 Å². The number of methoxy groups -OCH3 is 1. The Hall–Kier alpha value is -2.83. The summed E-state index contributed by atoms with van der Waals surface area (Å²) in [6.45, 7) is 0. The number of nitrogens with zero attached hydrogens (tertiary/aromatic N) is 2. The van der Waals surface area contributed by atoms with Gasteiger partial charge in [-0.15, -0.1) is 0 Å². The Morgan fingerprint density at radius 2 is 2.17 bits per heavy atom. The third-order valence-electron chi connectivity index (χ3n) is 4.16. The van der Waals surface area contributed by atoms with E-state index in [2.05, 4.69) is 15.6 Å². The SMILES string of the molecule is COc1ccc([C@@H](NC(=O)[C@@H]2CCC(=O)N2)c2nccn2C)cc1. The molecule has 7 heteroatoms. The number of imidazole rings is 1. The number of nitrogens with one attached hydrogen (secondary N) is 2. The number of aryl methyl sites for hydroxylation is 1. The van der Waals surface area contributed by atoms with Crippen LogP contribution in [0.1, 0.15) is 30.3 Å². The number of hydrogen-bond acceptors (Lipinski definition) is 4. The fraction of sp³-hybridized carbons (Fsp3) is 0.353. The van der Waals surface area contributed by atoms with Gasteiger partial charge in [0.1, 0.15) is 23.7 Å². The van der Waals surface area contributed by atoms with Crippen LogP contribution >= 0.6 is 0 Å². The summed E-state index contributed by atoms with van der Waals surface area (Å²) < 4.78 is 7.05. The number of carbonyl (C=O) groups is 2. The maximum atomic E-state index is 12.5. The first-order valence-electron chi connectivity index (χ1n) is 7.79. The second-order valence-corrected chi connectivity index (χ2v) is 5.77. The molecule has 3 rings (SSSR count). The molecule has 126 valence electrons. The molecule has 2 atom stereocenters. The van der Waals surface area contributed by atoms with Crippen molar-refractivity contribution in [3.05, 3.63) is 48.0 Å². The van der Waals surface area contributed by atoms with E-state index in [1.165, 1.54) is 0 Å². The van der Waals surface area contributed by atoms with Gasteiger partial charge >= 0.3 is 0 Å². The van der Waals surface area contributed by atoms with Crippen LogP contribution in [0.2, 0.25) is 0 Å². The molecule has 2 heterocycles. The van der Waals surface area contributed by atoms with Crippen molar-refractivity contribution in [3.8, 4) is 5.75 Å². The third kappa shape index (κ3) is 3.24. The number of ether oxygens (including phenoxy) is 1. The lowest BCUT2D eigenvalue weighted by molar-refractivity contribution is -0.126. The summed E-state index contributed by atoms with van der Waals surface area (Å²) in [6.07, 6.45) is 4.42. The summed E-state index contributed by atoms with van der Waals surface area (Å²) in [6, 6.07) is 6.58. The zero-order chi connectivity index (χ0) is 17.1. The van der Waals surface area contributed by atoms with Crippen molar-refractivity contribution >= 4 is 11.8 Å². The second kappa shape index (κ2) is 6.74. The summed E-state index contributed by atoms with van der Waals surface area (Å²) in [5.41, 5.74) is 0.891. The van der Waals surface area contributed by atoms with E-state index in [4.69, 9.17) is 4.74 Å². The van der Waals surface area contributed by atoms with Crippen molar-refractivity contribution in [2.24, 2.45) is 7.05 Å². The molecule has 0 radical (unpaired) electrons. The largest absolute Gasteiger partial charge is 0.497 e. The average Bonchev–Trinajstić information content (AvgIpc) is 3.21. The highest BCUT2D eigenvalue weighted by atomic mass is 16.5. The van der Waals surface area contributed by atoms with Crippen LogP contribution in [0.3, 0.4) is 0 Å². The minimum absolute atomic E-state index is 0.0897. The van der Waals surface area contributed by atoms with Crippen LogP contribution in [0.4, 0.5) is 0 Å². The van der Waals surface area contributed by atoms with Gasteiger partial charge in [0.25, 0.3) is 0 Å². The standard InChI is InChI=1S/C17H20N4O3/c1-21-10-9-18-16(21)15(11-3-5-12(24-2)6-4-11)20-17(23)13-7-8-14(22)19-13/h3-6,9-10,13,15H,7-8H2,1-2H3,(H,19,22)(H,20,23)/t13-,15+/m0/s1. The molecule has 24 heavy (non-hydrogen) atoms. The van der Waals surface area contributed by atoms with Crippen LogP contribution in [0, 0.1) is 0 Å². The monoisotopic (exact) mass is 328 g/mol. The van der Waals surface area contributed by atoms with Gasteiger partial charge in [-0.2, -0.15) is 0 Å². The Bertz CT molecular complexity index is 739. The summed E-state index contributed by atoms with van der Waals surface area (Å²) >= 11 is 0. The maximum Gasteiger partial charge on any atom is 0.243 e. The average molecular weight is 328 g/mol. The van der Waals surface area contributed by atoms with E-state index in [0.717, 1.165) is 17.1 Å². The number of aromatic nitrogens is 2. The Labute approximate surface area is 140 Å². The van der Waals surface area contributed by atoms with Gasteiger partial charge in [-0.05, 0) is 24.1 Å². The van der Waals surface area contributed by atoms with E-state index in [-0.39, 0.29) is 11.8 Å². The molecule has 1 fully saturated rings. The molecule has 1 aliphatic rings. The van der Waals surface area contributed by atoms with Crippen LogP contribution in [0.25, 0.3) is 0 Å². The summed E-state index contributed by atoms with van der Waals surface area (Å²) in [7, 11) is 3.48. The number of rotatable bonds is 5. The highest BCUT2D eigenvalue weighted by molar-refractivity contribution is 5.91. The lowest BCUT2D eigenvalue weighted by Gasteiger charge is -2.21. The lowest BCUT2D eigenvalue weighted by Crippen LogP contribution is -2.43. The molecule has 1 saturated heterocycles. The molecule has 2 amide bonds. The number of amides is 2. The summed E-state index contributed by atoms with van der Waals surface area (Å²) in [5, 5.41) is 5.69. The van der Waals surface area contributed by atoms with Gasteiger partial charge in [-0.25, -0.2) is 4.98 Å². The van der Waals surface area contributed by atoms with Crippen LogP contribution < -0.4 is 15.4 Å². The van der Waals surface area contributed by atoms with Gasteiger partial charge in [0, 0.05) is 25.9 Å². The molecule has 1 aromatic carbocycles. The smallest absolute Gasteiger partial charge is 0.243 e. The summed E-state index contributed by atoms with van der Waals surface area (Å²) in [4.78, 5) is 28.2. The lowest BCUT2D eigenvalue weighted by atomic mass is 10.0. The van der Waals surface area contributed by atoms with Gasteiger partial charge < -0.3 is 19.9 Å². The van der Waals surface area contributed by atoms with Gasteiger partial charge in [0.05, 0.1) is 7.11 Å². The topological polar surface area (TPSA) is 85.2 Å². The van der Waals surface area contributed by atoms with E-state index < -0.39 is 12.1 Å². The van der Waals surface area contributed by atoms with Crippen LogP contribution in [-0.4, -0.2) is 34.5 Å². The van der Waals surface area contributed by atoms with Crippen LogP contribution in [0.15, 0.2) is 36.7 Å². The van der Waals surface area contributed by atoms with Crippen molar-refractivity contribution < 1.29 is 14.3 Å². The molecular formula is C17H20N4O3. The molecule has 0 spiro atoms. The molecule has 1 aliphatic heterocycles. The molecule has 0 aliphatic carbocycles. The highest BCUT2D eigenvalue weighted by Gasteiger charge is 2.30. The van der Waals surface area contributed by atoms with E-state index in [1.54, 1.807) is 13.3 Å². The zero-order valence-corrected chi connectivity index (χ0v) is 13.7. The Morgan fingerprint density at radius 3 is 2.71 bits per heavy atom. The minimum Gasteiger partial charge on any atom is -0.497 e. The first-order valence-corrected chi connectivity index (χ1v) is 7.79. The van der Waals surface area contributed by atoms with Gasteiger partial charge in [0.2, 0.25) is 11.8 Å². The number of hydrogen-bond donors (Lipinski definition) is 2. The number of carbonyl (C=O) groups excluding carboxylic acids is 2. The van der Waals surface area contributed by atoms with Gasteiger partial charge in [-0.1, -0.05) is 12.1 Å². The molecule has 1 aromatic heterocycles. The molecule has 0 unspecified atom stereocenters. The maximum absolute atomic E-state index is 12.5. The van der Waals surface area contributed by atoms with Crippen LogP contribution in [-0.2, 0) is 16.6 Å². The van der Waals surface area contributed by atoms with Gasteiger partial charge in [0.15, 0.2) is 0 Å². The Kier molecular flexibility index (Phi) is 4.50. The molecule has 0 bridgehead atoms. The van der Waals surface area contributed by atoms with Crippen molar-refractivity contribution in [1.82, 2.24) is 20.2 Å². The van der Waals surface area contributed by atoms with Crippen molar-refractivity contribution in [1.29, 1.82) is 0 Å². The van der Waals surface area contributed by atoms with Crippen molar-refractivity contribution in [3.63, 3.8) is 0 Å². The highest BCUT2D eigenvalue weighted by Crippen LogP contribution is 2.23. The fourth-order valence-corrected chi connectivity index (χ4v) is 2.80. The molecule has 2 N–H and O–H groups in total. The quantitative estimate of drug-likeness (QED) is 0.854. The number of benzene rings is 1. The van der Waals surface area contributed by atoms with Gasteiger partial charge in [-0.3, -0.25) is 9.59 Å². The molecule has 2 aromatic rings. The normalized spacial score (nSPS) is 18.1. The second-order valence-electron chi connectivity index (χ2n) is 5.77. The third-order valence-corrected chi connectivity index (χ3v) is 4.16. The Balaban J connectivity index is 1.86. The predicted octanol–water partition coefficient (Wildman–Crippen LogP) is 0.913. The first-order chi connectivity index (χ1) is 11.6. The van der Waals surface area contributed by atoms with Crippen LogP contribution in [0.5, 0.6) is 5.75 Å². The molecule has 7 nitrogen and oxygen atoms in total. The first kappa shape index (κ1) is 16.0. The van der Waals surface area contributed by atoms with Crippen molar-refractivity contribution in [2.45, 2.75) is 24.9 Å². The van der Waals surface area contributed by atoms with E-state index >= 15 is 0 Å². The Morgan fingerprint density at radius 1 is 1.42 bits per heavy atom. The molecular weight excluding hydrogens is 308 g/mol. The predicted molar refractivity (Wildman–Crippen MR) is 87.4 cm³/mol. The zero-order valence-electron chi connectivity index (χ0n) is 13.7. The summed E-state index contributed by atoms with van der Waals surface area (Å²) in [5.74, 6) is 1.17. The van der Waals surface area contributed by atoms with E-state index in [1.807, 2.05) is 42.1 Å². The molecule has 0 saturated carbocycles. The van der Waals surface area contributed by atoms with E-state index in [0.29, 0.717) is 12.8 Å². The minimum atomic E-state index is -0.487.